The molecule has 1 unspecified atom stereocenters. The topological polar surface area (TPSA) is 47.3 Å². The number of benzene rings is 2. The molecule has 21 heavy (non-hydrogen) atoms. The standard InChI is InChI=1S/C15H15ClF2N2O/c1-21-15-3-2-10(16)7-13(15)14(20-19)6-9-4-11(17)8-12(18)5-9/h2-5,7-8,14,20H,6,19H2,1H3. The summed E-state index contributed by atoms with van der Waals surface area (Å²) in [5.41, 5.74) is 3.83. The molecule has 112 valence electrons. The molecule has 6 heteroatoms. The molecular weight excluding hydrogens is 298 g/mol. The molecule has 2 aromatic rings. The number of nitrogens with two attached hydrogens (primary N) is 1. The number of ether oxygens (including phenoxy) is 1. The summed E-state index contributed by atoms with van der Waals surface area (Å²) >= 11 is 5.98. The zero-order valence-corrected chi connectivity index (χ0v) is 12.1. The Morgan fingerprint density at radius 2 is 1.86 bits per heavy atom. The van der Waals surface area contributed by atoms with Crippen LogP contribution in [-0.2, 0) is 6.42 Å². The molecule has 1 atom stereocenters. The molecule has 0 aliphatic heterocycles. The number of nitrogens with one attached hydrogen (secondary N) is 1. The number of hydrogen-bond acceptors (Lipinski definition) is 3. The van der Waals surface area contributed by atoms with E-state index in [0.29, 0.717) is 22.8 Å². The lowest BCUT2D eigenvalue weighted by atomic mass is 9.98. The van der Waals surface area contributed by atoms with Gasteiger partial charge in [-0.15, -0.1) is 0 Å². The van der Waals surface area contributed by atoms with Gasteiger partial charge in [0.15, 0.2) is 0 Å². The highest BCUT2D eigenvalue weighted by molar-refractivity contribution is 6.30. The fourth-order valence-corrected chi connectivity index (χ4v) is 2.38. The fraction of sp³-hybridized carbons (Fsp3) is 0.200. The van der Waals surface area contributed by atoms with Gasteiger partial charge in [0.2, 0.25) is 0 Å². The van der Waals surface area contributed by atoms with E-state index in [1.165, 1.54) is 19.2 Å². The summed E-state index contributed by atoms with van der Waals surface area (Å²) in [4.78, 5) is 0. The summed E-state index contributed by atoms with van der Waals surface area (Å²) in [5, 5.41) is 0.525. The van der Waals surface area contributed by atoms with Gasteiger partial charge in [0.05, 0.1) is 13.2 Å². The van der Waals surface area contributed by atoms with Crippen molar-refractivity contribution in [3.8, 4) is 5.75 Å². The molecule has 0 radical (unpaired) electrons. The minimum Gasteiger partial charge on any atom is -0.496 e. The van der Waals surface area contributed by atoms with Gasteiger partial charge in [-0.3, -0.25) is 11.3 Å². The minimum atomic E-state index is -0.626. The zero-order chi connectivity index (χ0) is 15.4. The smallest absolute Gasteiger partial charge is 0.126 e. The van der Waals surface area contributed by atoms with Crippen LogP contribution < -0.4 is 16.0 Å². The summed E-state index contributed by atoms with van der Waals surface area (Å²) in [5.74, 6) is 4.91. The van der Waals surface area contributed by atoms with E-state index in [1.54, 1.807) is 18.2 Å². The van der Waals surface area contributed by atoms with Gasteiger partial charge < -0.3 is 4.74 Å². The molecule has 0 spiro atoms. The van der Waals surface area contributed by atoms with Crippen LogP contribution in [0.4, 0.5) is 8.78 Å². The molecule has 0 aromatic heterocycles. The summed E-state index contributed by atoms with van der Waals surface area (Å²) in [6.07, 6.45) is 0.294. The highest BCUT2D eigenvalue weighted by Crippen LogP contribution is 2.30. The lowest BCUT2D eigenvalue weighted by Gasteiger charge is -2.19. The quantitative estimate of drug-likeness (QED) is 0.657. The first-order valence-electron chi connectivity index (χ1n) is 6.28. The van der Waals surface area contributed by atoms with Crippen LogP contribution >= 0.6 is 11.6 Å². The highest BCUT2D eigenvalue weighted by atomic mass is 35.5. The van der Waals surface area contributed by atoms with E-state index in [1.807, 2.05) is 0 Å². The fourth-order valence-electron chi connectivity index (χ4n) is 2.20. The van der Waals surface area contributed by atoms with Gasteiger partial charge in [-0.05, 0) is 42.3 Å². The van der Waals surface area contributed by atoms with Crippen molar-refractivity contribution >= 4 is 11.6 Å². The van der Waals surface area contributed by atoms with Crippen LogP contribution in [0.5, 0.6) is 5.75 Å². The van der Waals surface area contributed by atoms with Gasteiger partial charge >= 0.3 is 0 Å². The molecule has 0 fully saturated rings. The van der Waals surface area contributed by atoms with Crippen LogP contribution in [0.15, 0.2) is 36.4 Å². The van der Waals surface area contributed by atoms with E-state index >= 15 is 0 Å². The Labute approximate surface area is 126 Å². The molecule has 2 aromatic carbocycles. The SMILES string of the molecule is COc1ccc(Cl)cc1C(Cc1cc(F)cc(F)c1)NN. The second kappa shape index (κ2) is 6.85. The molecule has 0 saturated heterocycles. The van der Waals surface area contributed by atoms with Gasteiger partial charge in [-0.1, -0.05) is 11.6 Å². The zero-order valence-electron chi connectivity index (χ0n) is 11.4. The predicted molar refractivity (Wildman–Crippen MR) is 78.1 cm³/mol. The van der Waals surface area contributed by atoms with Gasteiger partial charge in [-0.25, -0.2) is 8.78 Å². The average Bonchev–Trinajstić information content (AvgIpc) is 2.43. The van der Waals surface area contributed by atoms with Crippen LogP contribution in [-0.4, -0.2) is 7.11 Å². The maximum atomic E-state index is 13.3. The van der Waals surface area contributed by atoms with E-state index in [0.717, 1.165) is 11.6 Å². The van der Waals surface area contributed by atoms with Gasteiger partial charge in [-0.2, -0.15) is 0 Å². The molecule has 0 saturated carbocycles. The van der Waals surface area contributed by atoms with Crippen LogP contribution in [0.3, 0.4) is 0 Å². The van der Waals surface area contributed by atoms with Crippen LogP contribution in [0, 0.1) is 11.6 Å². The molecule has 2 rings (SSSR count). The first-order valence-corrected chi connectivity index (χ1v) is 6.66. The lowest BCUT2D eigenvalue weighted by molar-refractivity contribution is 0.399. The van der Waals surface area contributed by atoms with Crippen molar-refractivity contribution in [2.24, 2.45) is 5.84 Å². The van der Waals surface area contributed by atoms with E-state index < -0.39 is 11.6 Å². The Balaban J connectivity index is 2.33. The lowest BCUT2D eigenvalue weighted by Crippen LogP contribution is -2.30. The summed E-state index contributed by atoms with van der Waals surface area (Å²) in [6, 6.07) is 8.09. The molecule has 0 amide bonds. The largest absolute Gasteiger partial charge is 0.496 e. The van der Waals surface area contributed by atoms with E-state index in [4.69, 9.17) is 22.2 Å². The third-order valence-electron chi connectivity index (χ3n) is 3.13. The third-order valence-corrected chi connectivity index (χ3v) is 3.37. The number of halogens is 3. The van der Waals surface area contributed by atoms with Gasteiger partial charge in [0.1, 0.15) is 17.4 Å². The maximum Gasteiger partial charge on any atom is 0.126 e. The van der Waals surface area contributed by atoms with Crippen molar-refractivity contribution in [2.45, 2.75) is 12.5 Å². The van der Waals surface area contributed by atoms with Crippen molar-refractivity contribution in [1.82, 2.24) is 5.43 Å². The van der Waals surface area contributed by atoms with Gasteiger partial charge in [0.25, 0.3) is 0 Å². The second-order valence-electron chi connectivity index (χ2n) is 4.59. The monoisotopic (exact) mass is 312 g/mol. The van der Waals surface area contributed by atoms with Crippen molar-refractivity contribution in [1.29, 1.82) is 0 Å². The first-order chi connectivity index (χ1) is 10.0. The van der Waals surface area contributed by atoms with Crippen molar-refractivity contribution in [3.63, 3.8) is 0 Å². The Kier molecular flexibility index (Phi) is 5.12. The maximum absolute atomic E-state index is 13.3. The number of hydrazine groups is 1. The average molecular weight is 313 g/mol. The third kappa shape index (κ3) is 3.91. The molecular formula is C15H15ClF2N2O. The summed E-state index contributed by atoms with van der Waals surface area (Å²) in [6.45, 7) is 0. The van der Waals surface area contributed by atoms with E-state index in [-0.39, 0.29) is 6.04 Å². The first kappa shape index (κ1) is 15.7. The number of rotatable bonds is 5. The second-order valence-corrected chi connectivity index (χ2v) is 5.02. The van der Waals surface area contributed by atoms with E-state index in [9.17, 15) is 8.78 Å². The molecule has 0 heterocycles. The Morgan fingerprint density at radius 3 is 2.43 bits per heavy atom. The molecule has 3 N–H and O–H groups in total. The van der Waals surface area contributed by atoms with Crippen molar-refractivity contribution in [3.05, 3.63) is 64.2 Å². The minimum absolute atomic E-state index is 0.294. The Morgan fingerprint density at radius 1 is 1.19 bits per heavy atom. The molecule has 0 aliphatic rings. The Hall–Kier alpha value is -1.69. The van der Waals surface area contributed by atoms with Crippen LogP contribution in [0.25, 0.3) is 0 Å². The Bertz CT molecular complexity index is 617. The predicted octanol–water partition coefficient (Wildman–Crippen LogP) is 3.37. The number of hydrogen-bond donors (Lipinski definition) is 2. The van der Waals surface area contributed by atoms with E-state index in [2.05, 4.69) is 5.43 Å². The summed E-state index contributed by atoms with van der Waals surface area (Å²) in [7, 11) is 1.53. The number of methoxy groups -OCH3 is 1. The summed E-state index contributed by atoms with van der Waals surface area (Å²) < 4.78 is 31.8. The molecule has 0 bridgehead atoms. The normalized spacial score (nSPS) is 12.2. The highest BCUT2D eigenvalue weighted by Gasteiger charge is 2.17. The molecule has 0 aliphatic carbocycles. The molecule has 3 nitrogen and oxygen atoms in total. The van der Waals surface area contributed by atoms with Gasteiger partial charge in [0, 0.05) is 16.7 Å². The van der Waals surface area contributed by atoms with Crippen molar-refractivity contribution < 1.29 is 13.5 Å². The van der Waals surface area contributed by atoms with Crippen LogP contribution in [0.1, 0.15) is 17.2 Å². The van der Waals surface area contributed by atoms with Crippen LogP contribution in [0.2, 0.25) is 5.02 Å². The van der Waals surface area contributed by atoms with Crippen molar-refractivity contribution in [2.75, 3.05) is 7.11 Å².